The van der Waals surface area contributed by atoms with E-state index >= 15 is 0 Å². The van der Waals surface area contributed by atoms with Gasteiger partial charge in [-0.25, -0.2) is 4.79 Å². The van der Waals surface area contributed by atoms with Gasteiger partial charge in [0.25, 0.3) is 0 Å². The summed E-state index contributed by atoms with van der Waals surface area (Å²) in [6.45, 7) is 7.00. The Morgan fingerprint density at radius 1 is 0.902 bits per heavy atom. The van der Waals surface area contributed by atoms with Crippen molar-refractivity contribution in [2.45, 2.75) is 32.9 Å². The third-order valence-electron chi connectivity index (χ3n) is 7.07. The molecule has 0 spiro atoms. The Kier molecular flexibility index (Phi) is 7.95. The molecule has 1 aliphatic heterocycles. The number of carbonyl (C=O) groups is 1. The van der Waals surface area contributed by atoms with Crippen molar-refractivity contribution in [1.29, 1.82) is 0 Å². The molecule has 7 heteroatoms. The van der Waals surface area contributed by atoms with E-state index in [1.807, 2.05) is 30.3 Å². The van der Waals surface area contributed by atoms with Gasteiger partial charge in [-0.1, -0.05) is 48.0 Å². The van der Waals surface area contributed by atoms with Gasteiger partial charge in [-0.15, -0.1) is 0 Å². The van der Waals surface area contributed by atoms with E-state index in [1.165, 1.54) is 5.57 Å². The van der Waals surface area contributed by atoms with Gasteiger partial charge in [0.15, 0.2) is 0 Å². The molecule has 1 aliphatic rings. The first-order valence-corrected chi connectivity index (χ1v) is 13.7. The summed E-state index contributed by atoms with van der Waals surface area (Å²) in [6, 6.07) is 24.3. The van der Waals surface area contributed by atoms with Gasteiger partial charge in [-0.3, -0.25) is 0 Å². The fraction of sp³-hybridized carbons (Fsp3) is 0.206. The molecule has 4 aromatic rings. The standard InChI is InChI=1S/C34H33ClN2O4/c1-21-19-34(2,3)37-29-17-16-23(26(32(21)29)20-36-28-12-8-9-13-30(28)39-4)24-15-14-22(18-31(24)40-5)41-33(38)25-10-6-7-11-27(25)35/h6-19,36-37H,20H2,1-5H3. The lowest BCUT2D eigenvalue weighted by Crippen LogP contribution is -2.32. The van der Waals surface area contributed by atoms with Gasteiger partial charge >= 0.3 is 5.97 Å². The van der Waals surface area contributed by atoms with Crippen LogP contribution in [0.1, 0.15) is 42.3 Å². The van der Waals surface area contributed by atoms with Crippen molar-refractivity contribution in [2.75, 3.05) is 24.9 Å². The number of hydrogen-bond donors (Lipinski definition) is 2. The van der Waals surface area contributed by atoms with Crippen molar-refractivity contribution < 1.29 is 19.0 Å². The predicted octanol–water partition coefficient (Wildman–Crippen LogP) is 8.46. The number of esters is 1. The molecule has 210 valence electrons. The maximum atomic E-state index is 12.8. The molecule has 1 heterocycles. The largest absolute Gasteiger partial charge is 0.496 e. The van der Waals surface area contributed by atoms with E-state index in [1.54, 1.807) is 50.6 Å². The first-order chi connectivity index (χ1) is 19.7. The number of halogens is 1. The lowest BCUT2D eigenvalue weighted by molar-refractivity contribution is 0.0734. The van der Waals surface area contributed by atoms with Gasteiger partial charge < -0.3 is 24.8 Å². The molecule has 4 aromatic carbocycles. The summed E-state index contributed by atoms with van der Waals surface area (Å²) in [6.07, 6.45) is 2.25. The van der Waals surface area contributed by atoms with Gasteiger partial charge in [0.1, 0.15) is 17.2 Å². The minimum absolute atomic E-state index is 0.170. The number of benzene rings is 4. The number of rotatable bonds is 8. The number of para-hydroxylation sites is 2. The summed E-state index contributed by atoms with van der Waals surface area (Å²) in [5, 5.41) is 7.57. The molecule has 0 amide bonds. The van der Waals surface area contributed by atoms with Crippen molar-refractivity contribution >= 4 is 34.5 Å². The van der Waals surface area contributed by atoms with Crippen LogP contribution in [0.2, 0.25) is 5.02 Å². The Hall–Kier alpha value is -4.42. The first kappa shape index (κ1) is 28.1. The Morgan fingerprint density at radius 3 is 2.37 bits per heavy atom. The van der Waals surface area contributed by atoms with Gasteiger partial charge in [0.05, 0.1) is 36.0 Å². The molecule has 0 aromatic heterocycles. The van der Waals surface area contributed by atoms with Crippen molar-refractivity contribution in [3.05, 3.63) is 107 Å². The zero-order chi connectivity index (χ0) is 29.1. The van der Waals surface area contributed by atoms with Crippen LogP contribution in [-0.2, 0) is 6.54 Å². The zero-order valence-electron chi connectivity index (χ0n) is 23.8. The number of fused-ring (bicyclic) bond motifs is 1. The molecule has 5 rings (SSSR count). The molecule has 0 aliphatic carbocycles. The molecule has 0 radical (unpaired) electrons. The highest BCUT2D eigenvalue weighted by molar-refractivity contribution is 6.33. The molecule has 0 atom stereocenters. The monoisotopic (exact) mass is 568 g/mol. The topological polar surface area (TPSA) is 68.8 Å². The summed E-state index contributed by atoms with van der Waals surface area (Å²) in [4.78, 5) is 12.8. The van der Waals surface area contributed by atoms with Crippen molar-refractivity contribution in [3.63, 3.8) is 0 Å². The van der Waals surface area contributed by atoms with Crippen molar-refractivity contribution in [2.24, 2.45) is 0 Å². The highest BCUT2D eigenvalue weighted by atomic mass is 35.5. The predicted molar refractivity (Wildman–Crippen MR) is 167 cm³/mol. The quantitative estimate of drug-likeness (QED) is 0.164. The molecule has 41 heavy (non-hydrogen) atoms. The summed E-state index contributed by atoms with van der Waals surface area (Å²) in [7, 11) is 3.28. The number of carbonyl (C=O) groups excluding carboxylic acids is 1. The van der Waals surface area contributed by atoms with E-state index in [9.17, 15) is 4.79 Å². The molecule has 6 nitrogen and oxygen atoms in total. The average Bonchev–Trinajstić information content (AvgIpc) is 2.95. The number of nitrogens with one attached hydrogen (secondary N) is 2. The minimum Gasteiger partial charge on any atom is -0.496 e. The van der Waals surface area contributed by atoms with Crippen LogP contribution in [0.4, 0.5) is 11.4 Å². The molecule has 2 N–H and O–H groups in total. The minimum atomic E-state index is -0.532. The number of hydrogen-bond acceptors (Lipinski definition) is 6. The Labute approximate surface area is 245 Å². The molecular formula is C34H33ClN2O4. The van der Waals surface area contributed by atoms with Gasteiger partial charge in [-0.05, 0) is 79.9 Å². The molecular weight excluding hydrogens is 536 g/mol. The number of ether oxygens (including phenoxy) is 3. The maximum Gasteiger partial charge on any atom is 0.345 e. The van der Waals surface area contributed by atoms with Gasteiger partial charge in [0.2, 0.25) is 0 Å². The number of allylic oxidation sites excluding steroid dienone is 1. The highest BCUT2D eigenvalue weighted by Crippen LogP contribution is 2.43. The fourth-order valence-electron chi connectivity index (χ4n) is 5.36. The van der Waals surface area contributed by atoms with E-state index in [0.717, 1.165) is 39.4 Å². The van der Waals surface area contributed by atoms with E-state index < -0.39 is 5.97 Å². The molecule has 0 fully saturated rings. The van der Waals surface area contributed by atoms with Crippen LogP contribution in [0.25, 0.3) is 16.7 Å². The second kappa shape index (κ2) is 11.6. The second-order valence-electron chi connectivity index (χ2n) is 10.5. The van der Waals surface area contributed by atoms with E-state index in [0.29, 0.717) is 28.6 Å². The highest BCUT2D eigenvalue weighted by Gasteiger charge is 2.27. The van der Waals surface area contributed by atoms with Crippen LogP contribution in [0.3, 0.4) is 0 Å². The fourth-order valence-corrected chi connectivity index (χ4v) is 5.57. The number of methoxy groups -OCH3 is 2. The average molecular weight is 569 g/mol. The van der Waals surface area contributed by atoms with Crippen LogP contribution < -0.4 is 24.8 Å². The van der Waals surface area contributed by atoms with Gasteiger partial charge in [0, 0.05) is 29.4 Å². The molecule has 0 saturated carbocycles. The summed E-state index contributed by atoms with van der Waals surface area (Å²) in [5.41, 5.74) is 7.41. The Bertz CT molecular complexity index is 1640. The third kappa shape index (κ3) is 5.88. The number of anilines is 2. The Balaban J connectivity index is 1.56. The van der Waals surface area contributed by atoms with E-state index in [-0.39, 0.29) is 5.54 Å². The smallest absolute Gasteiger partial charge is 0.345 e. The summed E-state index contributed by atoms with van der Waals surface area (Å²) in [5.74, 6) is 1.18. The maximum absolute atomic E-state index is 12.8. The normalized spacial score (nSPS) is 13.4. The van der Waals surface area contributed by atoms with Crippen molar-refractivity contribution in [3.8, 4) is 28.4 Å². The second-order valence-corrected chi connectivity index (χ2v) is 10.9. The lowest BCUT2D eigenvalue weighted by Gasteiger charge is -2.33. The first-order valence-electron chi connectivity index (χ1n) is 13.4. The summed E-state index contributed by atoms with van der Waals surface area (Å²) < 4.78 is 17.1. The molecule has 0 unspecified atom stereocenters. The lowest BCUT2D eigenvalue weighted by atomic mass is 9.85. The SMILES string of the molecule is COc1ccccc1NCc1c(-c2ccc(OC(=O)c3ccccc3Cl)cc2OC)ccc2c1C(C)=CC(C)(C)N2. The van der Waals surface area contributed by atoms with Crippen LogP contribution in [-0.4, -0.2) is 25.7 Å². The third-order valence-corrected chi connectivity index (χ3v) is 7.40. The van der Waals surface area contributed by atoms with Crippen LogP contribution in [0.5, 0.6) is 17.2 Å². The van der Waals surface area contributed by atoms with Crippen LogP contribution >= 0.6 is 11.6 Å². The Morgan fingerprint density at radius 2 is 1.61 bits per heavy atom. The van der Waals surface area contributed by atoms with Crippen LogP contribution in [0.15, 0.2) is 84.9 Å². The molecule has 0 saturated heterocycles. The van der Waals surface area contributed by atoms with Crippen molar-refractivity contribution in [1.82, 2.24) is 0 Å². The molecule has 0 bridgehead atoms. The zero-order valence-corrected chi connectivity index (χ0v) is 24.6. The van der Waals surface area contributed by atoms with Gasteiger partial charge in [-0.2, -0.15) is 0 Å². The van der Waals surface area contributed by atoms with E-state index in [4.69, 9.17) is 25.8 Å². The van der Waals surface area contributed by atoms with E-state index in [2.05, 4.69) is 49.6 Å². The van der Waals surface area contributed by atoms with Crippen LogP contribution in [0, 0.1) is 0 Å². The summed E-state index contributed by atoms with van der Waals surface area (Å²) >= 11 is 6.20.